The summed E-state index contributed by atoms with van der Waals surface area (Å²) in [5, 5.41) is 3.52. The lowest BCUT2D eigenvalue weighted by Crippen LogP contribution is -2.31. The summed E-state index contributed by atoms with van der Waals surface area (Å²) in [6.07, 6.45) is 3.78. The number of ether oxygens (including phenoxy) is 1. The van der Waals surface area contributed by atoms with Crippen molar-refractivity contribution in [1.29, 1.82) is 0 Å². The summed E-state index contributed by atoms with van der Waals surface area (Å²) in [5.74, 6) is 2.42. The number of rotatable bonds is 4. The predicted molar refractivity (Wildman–Crippen MR) is 81.1 cm³/mol. The quantitative estimate of drug-likeness (QED) is 0.893. The highest BCUT2D eigenvalue weighted by atomic mass is 16.5. The molecule has 2 rings (SSSR count). The maximum absolute atomic E-state index is 5.69. The molecule has 1 fully saturated rings. The van der Waals surface area contributed by atoms with E-state index in [1.54, 1.807) is 7.11 Å². The van der Waals surface area contributed by atoms with Gasteiger partial charge in [0.1, 0.15) is 5.75 Å². The molecule has 0 bridgehead atoms. The van der Waals surface area contributed by atoms with E-state index in [1.807, 2.05) is 0 Å². The summed E-state index contributed by atoms with van der Waals surface area (Å²) >= 11 is 0. The fourth-order valence-corrected chi connectivity index (χ4v) is 3.18. The SMILES string of the molecule is COc1c(C)ccc(C(C)C)c1CC1CCCNC1. The average molecular weight is 261 g/mol. The highest BCUT2D eigenvalue weighted by Gasteiger charge is 2.20. The number of aryl methyl sites for hydroxylation is 1. The van der Waals surface area contributed by atoms with Crippen LogP contribution in [0.3, 0.4) is 0 Å². The molecular formula is C17H27NO. The Hall–Kier alpha value is -1.02. The molecule has 0 amide bonds. The van der Waals surface area contributed by atoms with Crippen molar-refractivity contribution >= 4 is 0 Å². The van der Waals surface area contributed by atoms with Crippen LogP contribution >= 0.6 is 0 Å². The standard InChI is InChI=1S/C17H27NO/c1-12(2)15-8-7-13(3)17(19-4)16(15)10-14-6-5-9-18-11-14/h7-8,12,14,18H,5-6,9-11H2,1-4H3. The molecule has 1 aliphatic heterocycles. The summed E-state index contributed by atoms with van der Waals surface area (Å²) in [7, 11) is 1.80. The van der Waals surface area contributed by atoms with E-state index in [0.29, 0.717) is 5.92 Å². The van der Waals surface area contributed by atoms with Gasteiger partial charge in [-0.15, -0.1) is 0 Å². The van der Waals surface area contributed by atoms with Gasteiger partial charge in [0.25, 0.3) is 0 Å². The molecule has 0 spiro atoms. The Morgan fingerprint density at radius 1 is 1.37 bits per heavy atom. The molecule has 1 N–H and O–H groups in total. The fourth-order valence-electron chi connectivity index (χ4n) is 3.18. The lowest BCUT2D eigenvalue weighted by Gasteiger charge is -2.26. The van der Waals surface area contributed by atoms with E-state index in [1.165, 1.54) is 36.1 Å². The van der Waals surface area contributed by atoms with E-state index < -0.39 is 0 Å². The van der Waals surface area contributed by atoms with E-state index >= 15 is 0 Å². The van der Waals surface area contributed by atoms with Gasteiger partial charge in [-0.1, -0.05) is 26.0 Å². The van der Waals surface area contributed by atoms with E-state index in [9.17, 15) is 0 Å². The van der Waals surface area contributed by atoms with Crippen LogP contribution in [-0.2, 0) is 6.42 Å². The molecule has 1 aromatic rings. The van der Waals surface area contributed by atoms with Crippen molar-refractivity contribution in [2.24, 2.45) is 5.92 Å². The van der Waals surface area contributed by atoms with Crippen molar-refractivity contribution in [3.8, 4) is 5.75 Å². The van der Waals surface area contributed by atoms with Crippen molar-refractivity contribution in [2.45, 2.75) is 46.0 Å². The lowest BCUT2D eigenvalue weighted by atomic mass is 9.86. The van der Waals surface area contributed by atoms with Crippen molar-refractivity contribution in [3.05, 3.63) is 28.8 Å². The van der Waals surface area contributed by atoms with Crippen LogP contribution in [-0.4, -0.2) is 20.2 Å². The normalized spacial score (nSPS) is 19.7. The van der Waals surface area contributed by atoms with Gasteiger partial charge in [0.2, 0.25) is 0 Å². The highest BCUT2D eigenvalue weighted by Crippen LogP contribution is 2.34. The monoisotopic (exact) mass is 261 g/mol. The number of hydrogen-bond acceptors (Lipinski definition) is 2. The van der Waals surface area contributed by atoms with Gasteiger partial charge >= 0.3 is 0 Å². The number of nitrogens with one attached hydrogen (secondary N) is 1. The van der Waals surface area contributed by atoms with Crippen LogP contribution < -0.4 is 10.1 Å². The second-order valence-electron chi connectivity index (χ2n) is 6.05. The molecule has 1 saturated heterocycles. The fraction of sp³-hybridized carbons (Fsp3) is 0.647. The number of hydrogen-bond donors (Lipinski definition) is 1. The molecule has 106 valence electrons. The molecule has 0 aromatic heterocycles. The molecule has 1 unspecified atom stereocenters. The second kappa shape index (κ2) is 6.42. The third-order valence-electron chi connectivity index (χ3n) is 4.21. The van der Waals surface area contributed by atoms with Crippen LogP contribution in [0.15, 0.2) is 12.1 Å². The average Bonchev–Trinajstić information content (AvgIpc) is 2.40. The number of methoxy groups -OCH3 is 1. The van der Waals surface area contributed by atoms with E-state index in [2.05, 4.69) is 38.2 Å². The Morgan fingerprint density at radius 2 is 2.16 bits per heavy atom. The topological polar surface area (TPSA) is 21.3 Å². The van der Waals surface area contributed by atoms with Gasteiger partial charge in [0, 0.05) is 0 Å². The Morgan fingerprint density at radius 3 is 2.74 bits per heavy atom. The van der Waals surface area contributed by atoms with E-state index in [4.69, 9.17) is 4.74 Å². The van der Waals surface area contributed by atoms with Crippen LogP contribution in [0, 0.1) is 12.8 Å². The first-order chi connectivity index (χ1) is 9.13. The molecular weight excluding hydrogens is 234 g/mol. The maximum Gasteiger partial charge on any atom is 0.125 e. The van der Waals surface area contributed by atoms with Gasteiger partial charge in [0.15, 0.2) is 0 Å². The Balaban J connectivity index is 2.31. The minimum absolute atomic E-state index is 0.557. The molecule has 0 radical (unpaired) electrons. The van der Waals surface area contributed by atoms with Gasteiger partial charge in [-0.3, -0.25) is 0 Å². The summed E-state index contributed by atoms with van der Waals surface area (Å²) in [6.45, 7) is 9.01. The molecule has 0 saturated carbocycles. The zero-order valence-corrected chi connectivity index (χ0v) is 12.8. The molecule has 0 aliphatic carbocycles. The third-order valence-corrected chi connectivity index (χ3v) is 4.21. The van der Waals surface area contributed by atoms with Gasteiger partial charge in [-0.25, -0.2) is 0 Å². The molecule has 1 atom stereocenters. The van der Waals surface area contributed by atoms with Crippen molar-refractivity contribution in [3.63, 3.8) is 0 Å². The number of benzene rings is 1. The molecule has 2 nitrogen and oxygen atoms in total. The highest BCUT2D eigenvalue weighted by molar-refractivity contribution is 5.47. The van der Waals surface area contributed by atoms with Crippen molar-refractivity contribution in [1.82, 2.24) is 5.32 Å². The molecule has 1 aromatic carbocycles. The van der Waals surface area contributed by atoms with Crippen LogP contribution in [0.4, 0.5) is 0 Å². The molecule has 2 heteroatoms. The second-order valence-corrected chi connectivity index (χ2v) is 6.05. The van der Waals surface area contributed by atoms with Crippen molar-refractivity contribution < 1.29 is 4.74 Å². The summed E-state index contributed by atoms with van der Waals surface area (Å²) < 4.78 is 5.69. The minimum atomic E-state index is 0.557. The zero-order chi connectivity index (χ0) is 13.8. The molecule has 1 aliphatic rings. The Labute approximate surface area is 117 Å². The summed E-state index contributed by atoms with van der Waals surface area (Å²) in [5.41, 5.74) is 4.14. The molecule has 19 heavy (non-hydrogen) atoms. The first kappa shape index (κ1) is 14.4. The predicted octanol–water partition coefficient (Wildman–Crippen LogP) is 3.67. The Kier molecular flexibility index (Phi) is 4.87. The zero-order valence-electron chi connectivity index (χ0n) is 12.8. The first-order valence-electron chi connectivity index (χ1n) is 7.50. The van der Waals surface area contributed by atoms with Gasteiger partial charge < -0.3 is 10.1 Å². The minimum Gasteiger partial charge on any atom is -0.496 e. The van der Waals surface area contributed by atoms with Gasteiger partial charge in [-0.2, -0.15) is 0 Å². The summed E-state index contributed by atoms with van der Waals surface area (Å²) in [4.78, 5) is 0. The number of piperidine rings is 1. The van der Waals surface area contributed by atoms with Gasteiger partial charge in [-0.05, 0) is 67.8 Å². The molecule has 1 heterocycles. The lowest BCUT2D eigenvalue weighted by molar-refractivity contribution is 0.361. The van der Waals surface area contributed by atoms with E-state index in [0.717, 1.165) is 24.6 Å². The maximum atomic E-state index is 5.69. The summed E-state index contributed by atoms with van der Waals surface area (Å²) in [6, 6.07) is 4.48. The van der Waals surface area contributed by atoms with Crippen LogP contribution in [0.5, 0.6) is 5.75 Å². The van der Waals surface area contributed by atoms with Crippen LogP contribution in [0.2, 0.25) is 0 Å². The van der Waals surface area contributed by atoms with Crippen LogP contribution in [0.25, 0.3) is 0 Å². The van der Waals surface area contributed by atoms with Crippen LogP contribution in [0.1, 0.15) is 49.3 Å². The van der Waals surface area contributed by atoms with E-state index in [-0.39, 0.29) is 0 Å². The van der Waals surface area contributed by atoms with Crippen molar-refractivity contribution in [2.75, 3.05) is 20.2 Å². The van der Waals surface area contributed by atoms with Gasteiger partial charge in [0.05, 0.1) is 7.11 Å². The largest absolute Gasteiger partial charge is 0.496 e. The smallest absolute Gasteiger partial charge is 0.125 e. The Bertz CT molecular complexity index is 420. The first-order valence-corrected chi connectivity index (χ1v) is 7.50. The third kappa shape index (κ3) is 3.30.